The Morgan fingerprint density at radius 3 is 2.47 bits per heavy atom. The number of hydrogen-bond donors (Lipinski definition) is 1. The molecule has 2 aromatic carbocycles. The standard InChI is InChI=1S/C30H40O6/c1-23(29(31)15-18-33-20-25-10-12-26(32-2)13-11-25)19-27-14-17-30(35-27)16-6-9-28(36-30)22-34-21-24-7-4-3-5-8-24/h3-8,10-13,16,23,27-29,31H,9,14-15,17-22H2,1-2H3/t23-,27?,28+,29-,30?/m1/s1. The molecule has 2 aliphatic rings. The molecule has 2 heterocycles. The van der Waals surface area contributed by atoms with E-state index in [-0.39, 0.29) is 18.1 Å². The SMILES string of the molecule is COc1ccc(COCC[C@@H](O)[C@H](C)CC2CCC3(C=CC[C@@H](COCc4ccccc4)O3)O2)cc1. The lowest BCUT2D eigenvalue weighted by Crippen LogP contribution is -2.39. The van der Waals surface area contributed by atoms with E-state index in [1.807, 2.05) is 42.5 Å². The molecule has 6 nitrogen and oxygen atoms in total. The molecule has 0 saturated carbocycles. The molecule has 0 bridgehead atoms. The van der Waals surface area contributed by atoms with Crippen molar-refractivity contribution in [3.8, 4) is 5.75 Å². The summed E-state index contributed by atoms with van der Waals surface area (Å²) in [6, 6.07) is 18.0. The second kappa shape index (κ2) is 13.4. The first-order chi connectivity index (χ1) is 17.5. The van der Waals surface area contributed by atoms with E-state index in [0.29, 0.717) is 32.8 Å². The molecule has 0 aromatic heterocycles. The molecule has 1 fully saturated rings. The van der Waals surface area contributed by atoms with Gasteiger partial charge in [-0.3, -0.25) is 0 Å². The molecule has 2 aromatic rings. The Kier molecular flexibility index (Phi) is 9.96. The van der Waals surface area contributed by atoms with Gasteiger partial charge in [0, 0.05) is 13.0 Å². The number of ether oxygens (including phenoxy) is 5. The van der Waals surface area contributed by atoms with Crippen LogP contribution in [0.15, 0.2) is 66.7 Å². The van der Waals surface area contributed by atoms with Gasteiger partial charge >= 0.3 is 0 Å². The van der Waals surface area contributed by atoms with E-state index >= 15 is 0 Å². The summed E-state index contributed by atoms with van der Waals surface area (Å²) < 4.78 is 29.6. The highest BCUT2D eigenvalue weighted by atomic mass is 16.7. The fraction of sp³-hybridized carbons (Fsp3) is 0.533. The number of aliphatic hydroxyl groups excluding tert-OH is 1. The first kappa shape index (κ1) is 26.8. The summed E-state index contributed by atoms with van der Waals surface area (Å²) in [5.41, 5.74) is 2.25. The summed E-state index contributed by atoms with van der Waals surface area (Å²) in [6.07, 6.45) is 7.84. The second-order valence-corrected chi connectivity index (χ2v) is 9.94. The minimum atomic E-state index is -0.657. The summed E-state index contributed by atoms with van der Waals surface area (Å²) in [5, 5.41) is 10.7. The predicted octanol–water partition coefficient (Wildman–Crippen LogP) is 5.43. The lowest BCUT2D eigenvalue weighted by atomic mass is 9.94. The van der Waals surface area contributed by atoms with Gasteiger partial charge in [-0.05, 0) is 60.9 Å². The highest BCUT2D eigenvalue weighted by Gasteiger charge is 2.43. The Morgan fingerprint density at radius 2 is 1.69 bits per heavy atom. The zero-order chi connectivity index (χ0) is 25.2. The Balaban J connectivity index is 1.14. The maximum Gasteiger partial charge on any atom is 0.188 e. The van der Waals surface area contributed by atoms with Gasteiger partial charge in [-0.2, -0.15) is 0 Å². The van der Waals surface area contributed by atoms with Crippen LogP contribution >= 0.6 is 0 Å². The minimum absolute atomic E-state index is 0.0108. The van der Waals surface area contributed by atoms with Crippen LogP contribution in [-0.4, -0.2) is 49.5 Å². The molecule has 196 valence electrons. The van der Waals surface area contributed by atoms with Crippen molar-refractivity contribution in [2.45, 2.75) is 76.3 Å². The van der Waals surface area contributed by atoms with E-state index in [1.54, 1.807) is 7.11 Å². The molecule has 6 heteroatoms. The third-order valence-electron chi connectivity index (χ3n) is 7.01. The van der Waals surface area contributed by atoms with Crippen molar-refractivity contribution in [3.05, 3.63) is 77.9 Å². The third kappa shape index (κ3) is 7.89. The summed E-state index contributed by atoms with van der Waals surface area (Å²) in [4.78, 5) is 0. The van der Waals surface area contributed by atoms with Crippen LogP contribution in [0.25, 0.3) is 0 Å². The maximum atomic E-state index is 10.7. The van der Waals surface area contributed by atoms with E-state index in [9.17, 15) is 5.11 Å². The van der Waals surface area contributed by atoms with Crippen molar-refractivity contribution < 1.29 is 28.8 Å². The van der Waals surface area contributed by atoms with Gasteiger partial charge in [-0.25, -0.2) is 0 Å². The molecule has 5 atom stereocenters. The molecule has 4 rings (SSSR count). The zero-order valence-electron chi connectivity index (χ0n) is 21.5. The van der Waals surface area contributed by atoms with Gasteiger partial charge in [0.15, 0.2) is 5.79 Å². The van der Waals surface area contributed by atoms with Crippen molar-refractivity contribution >= 4 is 0 Å². The molecular weight excluding hydrogens is 456 g/mol. The summed E-state index contributed by atoms with van der Waals surface area (Å²) in [5.74, 6) is 0.294. The summed E-state index contributed by atoms with van der Waals surface area (Å²) in [6.45, 7) is 4.25. The monoisotopic (exact) mass is 496 g/mol. The van der Waals surface area contributed by atoms with E-state index in [2.05, 4.69) is 31.2 Å². The number of rotatable bonds is 13. The Labute approximate surface area is 215 Å². The van der Waals surface area contributed by atoms with Gasteiger partial charge in [-0.15, -0.1) is 0 Å². The van der Waals surface area contributed by atoms with Gasteiger partial charge in [0.1, 0.15) is 5.75 Å². The van der Waals surface area contributed by atoms with E-state index in [0.717, 1.165) is 42.6 Å². The van der Waals surface area contributed by atoms with Gasteiger partial charge in [-0.1, -0.05) is 55.5 Å². The molecule has 0 radical (unpaired) electrons. The van der Waals surface area contributed by atoms with Crippen LogP contribution in [0.1, 0.15) is 50.2 Å². The molecule has 2 unspecified atom stereocenters. The average Bonchev–Trinajstić information content (AvgIpc) is 3.28. The molecule has 1 spiro atoms. The quantitative estimate of drug-likeness (QED) is 0.295. The van der Waals surface area contributed by atoms with Gasteiger partial charge in [0.2, 0.25) is 0 Å². The van der Waals surface area contributed by atoms with Crippen molar-refractivity contribution in [2.75, 3.05) is 20.3 Å². The Morgan fingerprint density at radius 1 is 0.972 bits per heavy atom. The normalized spacial score (nSPS) is 25.2. The maximum absolute atomic E-state index is 10.7. The molecule has 1 N–H and O–H groups in total. The topological polar surface area (TPSA) is 66.4 Å². The van der Waals surface area contributed by atoms with Crippen LogP contribution < -0.4 is 4.74 Å². The lowest BCUT2D eigenvalue weighted by molar-refractivity contribution is -0.234. The zero-order valence-corrected chi connectivity index (χ0v) is 21.5. The van der Waals surface area contributed by atoms with Gasteiger partial charge in [0.25, 0.3) is 0 Å². The number of hydrogen-bond acceptors (Lipinski definition) is 6. The fourth-order valence-electron chi connectivity index (χ4n) is 4.86. The first-order valence-corrected chi connectivity index (χ1v) is 13.1. The third-order valence-corrected chi connectivity index (χ3v) is 7.01. The first-order valence-electron chi connectivity index (χ1n) is 13.1. The summed E-state index contributed by atoms with van der Waals surface area (Å²) >= 11 is 0. The van der Waals surface area contributed by atoms with Crippen LogP contribution in [0.2, 0.25) is 0 Å². The Bertz CT molecular complexity index is 930. The predicted molar refractivity (Wildman–Crippen MR) is 139 cm³/mol. The van der Waals surface area contributed by atoms with Crippen molar-refractivity contribution in [1.29, 1.82) is 0 Å². The fourth-order valence-corrected chi connectivity index (χ4v) is 4.86. The van der Waals surface area contributed by atoms with E-state index in [1.165, 1.54) is 0 Å². The molecule has 0 amide bonds. The van der Waals surface area contributed by atoms with E-state index in [4.69, 9.17) is 23.7 Å². The smallest absolute Gasteiger partial charge is 0.188 e. The summed E-state index contributed by atoms with van der Waals surface area (Å²) in [7, 11) is 1.66. The highest BCUT2D eigenvalue weighted by molar-refractivity contribution is 5.26. The molecular formula is C30H40O6. The second-order valence-electron chi connectivity index (χ2n) is 9.94. The Hall–Kier alpha value is -2.22. The number of methoxy groups -OCH3 is 1. The largest absolute Gasteiger partial charge is 0.497 e. The molecule has 0 aliphatic carbocycles. The van der Waals surface area contributed by atoms with E-state index < -0.39 is 11.9 Å². The van der Waals surface area contributed by atoms with Crippen molar-refractivity contribution in [1.82, 2.24) is 0 Å². The van der Waals surface area contributed by atoms with Gasteiger partial charge in [0.05, 0.1) is 45.2 Å². The van der Waals surface area contributed by atoms with Crippen LogP contribution in [0.4, 0.5) is 0 Å². The van der Waals surface area contributed by atoms with Crippen molar-refractivity contribution in [2.24, 2.45) is 5.92 Å². The van der Waals surface area contributed by atoms with Crippen LogP contribution in [0, 0.1) is 5.92 Å². The number of benzene rings is 2. The van der Waals surface area contributed by atoms with Gasteiger partial charge < -0.3 is 28.8 Å². The van der Waals surface area contributed by atoms with Crippen LogP contribution in [0.3, 0.4) is 0 Å². The average molecular weight is 497 g/mol. The molecule has 2 aliphatic heterocycles. The minimum Gasteiger partial charge on any atom is -0.497 e. The van der Waals surface area contributed by atoms with Crippen molar-refractivity contribution in [3.63, 3.8) is 0 Å². The molecule has 1 saturated heterocycles. The lowest BCUT2D eigenvalue weighted by Gasteiger charge is -2.34. The number of aliphatic hydroxyl groups is 1. The van der Waals surface area contributed by atoms with Crippen LogP contribution in [-0.2, 0) is 32.2 Å². The molecule has 36 heavy (non-hydrogen) atoms. The highest BCUT2D eigenvalue weighted by Crippen LogP contribution is 2.39. The van der Waals surface area contributed by atoms with Crippen LogP contribution in [0.5, 0.6) is 5.75 Å².